The zero-order valence-electron chi connectivity index (χ0n) is 36.8. The van der Waals surface area contributed by atoms with Crippen molar-refractivity contribution >= 4 is 33.4 Å². The number of rotatable bonds is 43. The number of hydrogen-bond donors (Lipinski definition) is 4. The Morgan fingerprint density at radius 2 is 0.967 bits per heavy atom. The van der Waals surface area contributed by atoms with E-state index in [0.29, 0.717) is 19.3 Å². The number of carbonyl (C=O) groups is 3. The standard InChI is InChI=1S/C44H80O14P2/c1-3-5-7-8-9-10-11-12-13-14-15-16-17-20-24-27-31-35-44(48)58-42(39-57-60(52,53)56-37-41(46)36-55-59(49,50)51)38-54-43(47)34-30-26-23-21-18-19-22-25-29-33-40(45)32-28-6-4-2/h12-13,22,25,29,33,41-42,46H,3-11,14-21,23-24,26-28,30-32,34-39H2,1-2H3,(H,52,53)(H2,49,50,51)/b13-12-,25-22-,33-29+/t41-,42+/m0/s1. The number of unbranched alkanes of at least 4 members (excludes halogenated alkanes) is 20. The Morgan fingerprint density at radius 3 is 1.53 bits per heavy atom. The number of allylic oxidation sites excluding steroid dienone is 6. The largest absolute Gasteiger partial charge is 0.472 e. The van der Waals surface area contributed by atoms with Gasteiger partial charge >= 0.3 is 27.6 Å². The lowest BCUT2D eigenvalue weighted by Gasteiger charge is -2.20. The molecule has 0 aromatic rings. The molecule has 14 nitrogen and oxygen atoms in total. The fourth-order valence-corrected chi connectivity index (χ4v) is 7.13. The highest BCUT2D eigenvalue weighted by Gasteiger charge is 2.28. The molecule has 16 heteroatoms. The first kappa shape index (κ1) is 58.0. The lowest BCUT2D eigenvalue weighted by atomic mass is 10.1. The van der Waals surface area contributed by atoms with Crippen LogP contribution < -0.4 is 0 Å². The molecule has 0 aliphatic heterocycles. The summed E-state index contributed by atoms with van der Waals surface area (Å²) in [5.74, 6) is -0.944. The SMILES string of the molecule is CCCCCCCC/C=C\CCCCCCCCCC(=O)O[C@H](COC(=O)CCCCCCC/C=C\C=C\C(=O)CCCCC)COP(=O)(O)OC[C@@H](O)COP(=O)(O)O. The fraction of sp³-hybridized carbons (Fsp3) is 0.795. The maximum Gasteiger partial charge on any atom is 0.472 e. The summed E-state index contributed by atoms with van der Waals surface area (Å²) in [6.45, 7) is 1.56. The Labute approximate surface area is 361 Å². The van der Waals surface area contributed by atoms with Gasteiger partial charge in [-0.2, -0.15) is 0 Å². The molecule has 0 saturated carbocycles. The van der Waals surface area contributed by atoms with Crippen LogP contribution in [0.4, 0.5) is 0 Å². The molecule has 0 aromatic carbocycles. The van der Waals surface area contributed by atoms with Gasteiger partial charge in [0.25, 0.3) is 0 Å². The van der Waals surface area contributed by atoms with Crippen molar-refractivity contribution in [2.24, 2.45) is 0 Å². The van der Waals surface area contributed by atoms with Gasteiger partial charge in [0.1, 0.15) is 12.7 Å². The second-order valence-electron chi connectivity index (χ2n) is 15.4. The monoisotopic (exact) mass is 895 g/mol. The summed E-state index contributed by atoms with van der Waals surface area (Å²) in [7, 11) is -9.70. The first-order valence-corrected chi connectivity index (χ1v) is 25.7. The van der Waals surface area contributed by atoms with Crippen LogP contribution in [0, 0.1) is 0 Å². The van der Waals surface area contributed by atoms with Crippen LogP contribution in [0.25, 0.3) is 0 Å². The normalized spacial score (nSPS) is 14.2. The number of aliphatic hydroxyl groups excluding tert-OH is 1. The van der Waals surface area contributed by atoms with E-state index in [1.807, 2.05) is 12.2 Å². The molecule has 0 saturated heterocycles. The molecule has 0 rings (SSSR count). The summed E-state index contributed by atoms with van der Waals surface area (Å²) < 4.78 is 47.7. The Morgan fingerprint density at radius 1 is 0.517 bits per heavy atom. The second-order valence-corrected chi connectivity index (χ2v) is 18.0. The maximum absolute atomic E-state index is 12.7. The molecule has 0 amide bonds. The molecule has 0 bridgehead atoms. The van der Waals surface area contributed by atoms with Crippen molar-refractivity contribution in [3.8, 4) is 0 Å². The first-order chi connectivity index (χ1) is 28.8. The summed E-state index contributed by atoms with van der Waals surface area (Å²) >= 11 is 0. The number of ether oxygens (including phenoxy) is 2. The van der Waals surface area contributed by atoms with E-state index in [1.165, 1.54) is 57.8 Å². The van der Waals surface area contributed by atoms with Crippen LogP contribution in [0.3, 0.4) is 0 Å². The van der Waals surface area contributed by atoms with Gasteiger partial charge < -0.3 is 29.3 Å². The number of phosphoric acid groups is 2. The Kier molecular flexibility index (Phi) is 38.5. The van der Waals surface area contributed by atoms with E-state index >= 15 is 0 Å². The molecule has 0 fully saturated rings. The van der Waals surface area contributed by atoms with Gasteiger partial charge in [-0.3, -0.25) is 28.0 Å². The van der Waals surface area contributed by atoms with Gasteiger partial charge in [0.15, 0.2) is 11.9 Å². The molecule has 1 unspecified atom stereocenters. The predicted octanol–water partition coefficient (Wildman–Crippen LogP) is 10.9. The van der Waals surface area contributed by atoms with E-state index in [9.17, 15) is 33.5 Å². The van der Waals surface area contributed by atoms with Crippen LogP contribution in [0.1, 0.15) is 187 Å². The molecular formula is C44H80O14P2. The van der Waals surface area contributed by atoms with Gasteiger partial charge in [-0.05, 0) is 63.9 Å². The average Bonchev–Trinajstić information content (AvgIpc) is 3.20. The quantitative estimate of drug-likeness (QED) is 0.0112. The lowest BCUT2D eigenvalue weighted by Crippen LogP contribution is -2.30. The van der Waals surface area contributed by atoms with E-state index in [2.05, 4.69) is 35.0 Å². The first-order valence-electron chi connectivity index (χ1n) is 22.6. The smallest absolute Gasteiger partial charge is 0.462 e. The number of hydrogen-bond acceptors (Lipinski definition) is 11. The van der Waals surface area contributed by atoms with E-state index in [1.54, 1.807) is 12.2 Å². The highest BCUT2D eigenvalue weighted by Crippen LogP contribution is 2.43. The third-order valence-electron chi connectivity index (χ3n) is 9.47. The summed E-state index contributed by atoms with van der Waals surface area (Å²) in [5.41, 5.74) is 0. The molecule has 60 heavy (non-hydrogen) atoms. The molecule has 0 aliphatic carbocycles. The Bertz CT molecular complexity index is 1270. The topological polar surface area (TPSA) is 212 Å². The van der Waals surface area contributed by atoms with E-state index in [4.69, 9.17) is 23.8 Å². The summed E-state index contributed by atoms with van der Waals surface area (Å²) in [5, 5.41) is 9.75. The number of phosphoric ester groups is 2. The number of aliphatic hydroxyl groups is 1. The van der Waals surface area contributed by atoms with E-state index in [0.717, 1.165) is 83.5 Å². The molecular weight excluding hydrogens is 814 g/mol. The van der Waals surface area contributed by atoms with Crippen molar-refractivity contribution in [1.82, 2.24) is 0 Å². The van der Waals surface area contributed by atoms with Crippen molar-refractivity contribution in [1.29, 1.82) is 0 Å². The second kappa shape index (κ2) is 39.8. The number of ketones is 1. The summed E-state index contributed by atoms with van der Waals surface area (Å²) in [4.78, 5) is 64.5. The molecule has 0 radical (unpaired) electrons. The van der Waals surface area contributed by atoms with Crippen molar-refractivity contribution in [2.75, 3.05) is 26.4 Å². The summed E-state index contributed by atoms with van der Waals surface area (Å²) in [6.07, 6.45) is 35.4. The van der Waals surface area contributed by atoms with Crippen molar-refractivity contribution in [3.05, 3.63) is 36.5 Å². The number of esters is 2. The molecule has 4 N–H and O–H groups in total. The molecule has 3 atom stereocenters. The molecule has 0 aliphatic rings. The van der Waals surface area contributed by atoms with Crippen molar-refractivity contribution < 1.29 is 66.3 Å². The third kappa shape index (κ3) is 42.7. The zero-order valence-corrected chi connectivity index (χ0v) is 38.6. The van der Waals surface area contributed by atoms with E-state index in [-0.39, 0.29) is 18.6 Å². The molecule has 350 valence electrons. The highest BCUT2D eigenvalue weighted by molar-refractivity contribution is 7.47. The van der Waals surface area contributed by atoms with Crippen LogP contribution >= 0.6 is 15.6 Å². The van der Waals surface area contributed by atoms with Gasteiger partial charge in [-0.15, -0.1) is 0 Å². The lowest BCUT2D eigenvalue weighted by molar-refractivity contribution is -0.161. The van der Waals surface area contributed by atoms with Crippen molar-refractivity contribution in [3.63, 3.8) is 0 Å². The fourth-order valence-electron chi connectivity index (χ4n) is 5.97. The zero-order chi connectivity index (χ0) is 44.6. The molecule has 0 heterocycles. The van der Waals surface area contributed by atoms with Crippen LogP contribution in [-0.4, -0.2) is 76.1 Å². The van der Waals surface area contributed by atoms with Crippen LogP contribution in [0.15, 0.2) is 36.5 Å². The summed E-state index contributed by atoms with van der Waals surface area (Å²) in [6, 6.07) is 0. The van der Waals surface area contributed by atoms with Crippen LogP contribution in [0.5, 0.6) is 0 Å². The highest BCUT2D eigenvalue weighted by atomic mass is 31.2. The van der Waals surface area contributed by atoms with Gasteiger partial charge in [0.2, 0.25) is 0 Å². The molecule has 0 spiro atoms. The van der Waals surface area contributed by atoms with Gasteiger partial charge in [-0.1, -0.05) is 141 Å². The third-order valence-corrected chi connectivity index (χ3v) is 10.9. The van der Waals surface area contributed by atoms with Crippen LogP contribution in [0.2, 0.25) is 0 Å². The van der Waals surface area contributed by atoms with Crippen LogP contribution in [-0.2, 0) is 46.6 Å². The average molecular weight is 895 g/mol. The van der Waals surface area contributed by atoms with Gasteiger partial charge in [0.05, 0.1) is 19.8 Å². The predicted molar refractivity (Wildman–Crippen MR) is 235 cm³/mol. The minimum Gasteiger partial charge on any atom is -0.462 e. The van der Waals surface area contributed by atoms with Gasteiger partial charge in [0, 0.05) is 19.3 Å². The maximum atomic E-state index is 12.7. The van der Waals surface area contributed by atoms with Gasteiger partial charge in [-0.25, -0.2) is 9.13 Å². The molecule has 0 aromatic heterocycles. The minimum atomic E-state index is -4.87. The Balaban J connectivity index is 4.56. The van der Waals surface area contributed by atoms with E-state index < -0.39 is 66.2 Å². The van der Waals surface area contributed by atoms with Crippen molar-refractivity contribution in [2.45, 2.75) is 199 Å². The Hall–Kier alpha value is -1.99. The number of carbonyl (C=O) groups excluding carboxylic acids is 3. The minimum absolute atomic E-state index is 0.109.